The summed E-state index contributed by atoms with van der Waals surface area (Å²) in [7, 11) is 0. The van der Waals surface area contributed by atoms with Crippen LogP contribution in [0.4, 0.5) is 17.1 Å². The predicted molar refractivity (Wildman–Crippen MR) is 254 cm³/mol. The molecule has 0 fully saturated rings. The number of ether oxygens (including phenoxy) is 1. The zero-order valence-electron chi connectivity index (χ0n) is 33.2. The van der Waals surface area contributed by atoms with Gasteiger partial charge < -0.3 is 9.64 Å². The largest absolute Gasteiger partial charge is 0.455 e. The van der Waals surface area contributed by atoms with Crippen LogP contribution in [0.1, 0.15) is 22.3 Å². The maximum absolute atomic E-state index is 7.20. The van der Waals surface area contributed by atoms with Gasteiger partial charge in [0.2, 0.25) is 0 Å². The van der Waals surface area contributed by atoms with Crippen molar-refractivity contribution in [2.45, 2.75) is 5.41 Å². The Labute approximate surface area is 354 Å². The molecule has 1 aliphatic carbocycles. The minimum Gasteiger partial charge on any atom is -0.455 e. The lowest BCUT2D eigenvalue weighted by Gasteiger charge is -2.40. The molecule has 0 unspecified atom stereocenters. The first-order valence-corrected chi connectivity index (χ1v) is 21.1. The lowest BCUT2D eigenvalue weighted by molar-refractivity contribution is 0.447. The van der Waals surface area contributed by atoms with Crippen LogP contribution >= 0.6 is 0 Å². The third kappa shape index (κ3) is 4.79. The van der Waals surface area contributed by atoms with Gasteiger partial charge in [-0.3, -0.25) is 0 Å². The highest BCUT2D eigenvalue weighted by Crippen LogP contribution is 2.64. The second-order valence-electron chi connectivity index (χ2n) is 16.3. The van der Waals surface area contributed by atoms with E-state index < -0.39 is 5.41 Å². The van der Waals surface area contributed by atoms with Gasteiger partial charge in [-0.2, -0.15) is 0 Å². The number of hydrogen-bond donors (Lipinski definition) is 0. The van der Waals surface area contributed by atoms with Crippen molar-refractivity contribution in [3.05, 3.63) is 247 Å². The lowest BCUT2D eigenvalue weighted by atomic mass is 9.65. The van der Waals surface area contributed by atoms with E-state index in [1.54, 1.807) is 0 Å². The van der Waals surface area contributed by atoms with E-state index in [-0.39, 0.29) is 0 Å². The van der Waals surface area contributed by atoms with Gasteiger partial charge in [0.25, 0.3) is 0 Å². The van der Waals surface area contributed by atoms with Gasteiger partial charge in [0.15, 0.2) is 0 Å². The summed E-state index contributed by atoms with van der Waals surface area (Å²) >= 11 is 0. The molecule has 1 aliphatic heterocycles. The van der Waals surface area contributed by atoms with Crippen molar-refractivity contribution in [2.75, 3.05) is 4.90 Å². The van der Waals surface area contributed by atoms with Crippen LogP contribution in [0.25, 0.3) is 65.3 Å². The Balaban J connectivity index is 1.09. The quantitative estimate of drug-likeness (QED) is 0.177. The van der Waals surface area contributed by atoms with Crippen molar-refractivity contribution in [3.63, 3.8) is 0 Å². The fourth-order valence-corrected chi connectivity index (χ4v) is 10.7. The summed E-state index contributed by atoms with van der Waals surface area (Å²) in [6, 6.07) is 82.3. The van der Waals surface area contributed by atoms with E-state index in [1.807, 2.05) is 0 Å². The van der Waals surface area contributed by atoms with Crippen LogP contribution in [-0.2, 0) is 5.41 Å². The van der Waals surface area contributed by atoms with Gasteiger partial charge in [-0.1, -0.05) is 200 Å². The number of rotatable bonds is 4. The first-order valence-electron chi connectivity index (χ1n) is 21.1. The molecule has 0 saturated heterocycles. The number of hydrogen-bond acceptors (Lipinski definition) is 2. The third-order valence-corrected chi connectivity index (χ3v) is 13.3. The van der Waals surface area contributed by atoms with Crippen molar-refractivity contribution in [1.82, 2.24) is 0 Å². The molecule has 11 aromatic rings. The highest BCUT2D eigenvalue weighted by molar-refractivity contribution is 6.07. The average molecular weight is 776 g/mol. The maximum Gasteiger partial charge on any atom is 0.140 e. The van der Waals surface area contributed by atoms with Crippen molar-refractivity contribution < 1.29 is 4.74 Å². The second-order valence-corrected chi connectivity index (χ2v) is 16.3. The number of nitrogens with zero attached hydrogens (tertiary/aromatic N) is 1. The molecular weight excluding hydrogens is 739 g/mol. The van der Waals surface area contributed by atoms with Crippen LogP contribution in [-0.4, -0.2) is 0 Å². The third-order valence-electron chi connectivity index (χ3n) is 13.3. The second kappa shape index (κ2) is 13.0. The van der Waals surface area contributed by atoms with Crippen LogP contribution in [0.2, 0.25) is 0 Å². The molecular formula is C59H37NO. The average Bonchev–Trinajstić information content (AvgIpc) is 3.61. The molecule has 11 aromatic carbocycles. The molecule has 2 aliphatic rings. The molecule has 284 valence electrons. The molecule has 2 heteroatoms. The smallest absolute Gasteiger partial charge is 0.140 e. The minimum absolute atomic E-state index is 0.598. The fraction of sp³-hybridized carbons (Fsp3) is 0.0169. The first-order chi connectivity index (χ1) is 30.3. The van der Waals surface area contributed by atoms with Gasteiger partial charge >= 0.3 is 0 Å². The standard InChI is InChI=1S/C59H37NO/c1-5-21-43-38(15-1)19-13-29-55(43)60(56-30-14-20-39-16-2-6-22-44(39)56)54-28-12-10-23-45(54)42-33-34-51-49(37-42)48-26-9-11-27-50(48)59(51)52-35-31-40-17-3-7-24-46(40)57(52)61-58-47-25-8-4-18-41(47)32-36-53(58)59/h1-37H. The van der Waals surface area contributed by atoms with E-state index in [2.05, 4.69) is 229 Å². The normalized spacial score (nSPS) is 13.2. The summed E-state index contributed by atoms with van der Waals surface area (Å²) in [5.41, 5.74) is 12.5. The van der Waals surface area contributed by atoms with Gasteiger partial charge in [0, 0.05) is 38.2 Å². The molecule has 0 atom stereocenters. The zero-order valence-corrected chi connectivity index (χ0v) is 33.2. The number of benzene rings is 11. The lowest BCUT2D eigenvalue weighted by Crippen LogP contribution is -2.32. The Morgan fingerprint density at radius 2 is 0.721 bits per heavy atom. The Kier molecular flexibility index (Phi) is 7.26. The Morgan fingerprint density at radius 1 is 0.295 bits per heavy atom. The zero-order chi connectivity index (χ0) is 40.1. The first kappa shape index (κ1) is 34.0. The maximum atomic E-state index is 7.20. The van der Waals surface area contributed by atoms with E-state index >= 15 is 0 Å². The molecule has 1 spiro atoms. The van der Waals surface area contributed by atoms with Crippen LogP contribution in [0.15, 0.2) is 224 Å². The van der Waals surface area contributed by atoms with Crippen molar-refractivity contribution in [1.29, 1.82) is 0 Å². The van der Waals surface area contributed by atoms with Crippen LogP contribution < -0.4 is 9.64 Å². The van der Waals surface area contributed by atoms with Gasteiger partial charge in [-0.15, -0.1) is 0 Å². The highest BCUT2D eigenvalue weighted by Gasteiger charge is 2.51. The number of para-hydroxylation sites is 1. The van der Waals surface area contributed by atoms with E-state index in [0.29, 0.717) is 0 Å². The molecule has 13 rings (SSSR count). The van der Waals surface area contributed by atoms with E-state index in [1.165, 1.54) is 65.7 Å². The molecule has 0 radical (unpaired) electrons. The number of anilines is 3. The molecule has 0 aromatic heterocycles. The molecule has 0 bridgehead atoms. The van der Waals surface area contributed by atoms with Crippen LogP contribution in [0.3, 0.4) is 0 Å². The number of fused-ring (bicyclic) bond motifs is 15. The summed E-state index contributed by atoms with van der Waals surface area (Å²) in [6.07, 6.45) is 0. The monoisotopic (exact) mass is 775 g/mol. The summed E-state index contributed by atoms with van der Waals surface area (Å²) < 4.78 is 7.20. The van der Waals surface area contributed by atoms with Crippen LogP contribution in [0, 0.1) is 0 Å². The molecule has 2 nitrogen and oxygen atoms in total. The molecule has 61 heavy (non-hydrogen) atoms. The van der Waals surface area contributed by atoms with Crippen molar-refractivity contribution >= 4 is 60.2 Å². The van der Waals surface area contributed by atoms with Gasteiger partial charge in [-0.05, 0) is 73.6 Å². The predicted octanol–water partition coefficient (Wildman–Crippen LogP) is 15.9. The van der Waals surface area contributed by atoms with E-state index in [4.69, 9.17) is 4.74 Å². The Hall–Kier alpha value is -7.94. The Morgan fingerprint density at radius 3 is 1.33 bits per heavy atom. The van der Waals surface area contributed by atoms with E-state index in [0.717, 1.165) is 50.5 Å². The SMILES string of the molecule is c1ccc(N(c2cccc3ccccc23)c2cccc3ccccc23)c(-c2ccc3c(c2)-c2ccccc2C32c3ccc4ccccc4c3Oc3c2ccc2ccccc32)c1. The molecule has 0 amide bonds. The minimum atomic E-state index is -0.598. The fourth-order valence-electron chi connectivity index (χ4n) is 10.7. The summed E-state index contributed by atoms with van der Waals surface area (Å²) in [5.74, 6) is 1.86. The van der Waals surface area contributed by atoms with Gasteiger partial charge in [-0.25, -0.2) is 0 Å². The van der Waals surface area contributed by atoms with Gasteiger partial charge in [0.05, 0.1) is 22.5 Å². The van der Waals surface area contributed by atoms with Gasteiger partial charge in [0.1, 0.15) is 11.5 Å². The van der Waals surface area contributed by atoms with E-state index in [9.17, 15) is 0 Å². The molecule has 0 saturated carbocycles. The van der Waals surface area contributed by atoms with Crippen LogP contribution in [0.5, 0.6) is 11.5 Å². The van der Waals surface area contributed by atoms with Crippen molar-refractivity contribution in [3.8, 4) is 33.8 Å². The topological polar surface area (TPSA) is 12.5 Å². The summed E-state index contributed by atoms with van der Waals surface area (Å²) in [5, 5.41) is 9.40. The highest BCUT2D eigenvalue weighted by atomic mass is 16.5. The Bertz CT molecular complexity index is 3420. The molecule has 1 heterocycles. The molecule has 0 N–H and O–H groups in total. The summed E-state index contributed by atoms with van der Waals surface area (Å²) in [6.45, 7) is 0. The van der Waals surface area contributed by atoms with Crippen molar-refractivity contribution in [2.24, 2.45) is 0 Å². The summed E-state index contributed by atoms with van der Waals surface area (Å²) in [4.78, 5) is 2.48.